The molecule has 0 spiro atoms. The quantitative estimate of drug-likeness (QED) is 0.668. The van der Waals surface area contributed by atoms with Crippen LogP contribution in [0, 0.1) is 0 Å². The molecule has 0 bridgehead atoms. The number of amides is 1. The zero-order chi connectivity index (χ0) is 20.7. The Balaban J connectivity index is 1.43. The highest BCUT2D eigenvalue weighted by molar-refractivity contribution is 7.89. The topological polar surface area (TPSA) is 92.8 Å². The van der Waals surface area contributed by atoms with Gasteiger partial charge in [0.25, 0.3) is 5.91 Å². The van der Waals surface area contributed by atoms with Crippen LogP contribution in [0.3, 0.4) is 0 Å². The summed E-state index contributed by atoms with van der Waals surface area (Å²) < 4.78 is 31.5. The van der Waals surface area contributed by atoms with Gasteiger partial charge in [-0.2, -0.15) is 4.31 Å². The molecule has 0 unspecified atom stereocenters. The Hall–Kier alpha value is -2.71. The lowest BCUT2D eigenvalue weighted by Crippen LogP contribution is -2.27. The van der Waals surface area contributed by atoms with Crippen molar-refractivity contribution in [2.24, 2.45) is 0 Å². The lowest BCUT2D eigenvalue weighted by molar-refractivity contribution is -0.147. The van der Waals surface area contributed by atoms with Gasteiger partial charge in [0.2, 0.25) is 10.0 Å². The van der Waals surface area contributed by atoms with Crippen LogP contribution in [-0.2, 0) is 30.8 Å². The van der Waals surface area contributed by atoms with Crippen molar-refractivity contribution >= 4 is 27.6 Å². The first kappa shape index (κ1) is 21.0. The first-order valence-electron chi connectivity index (χ1n) is 9.55. The van der Waals surface area contributed by atoms with Gasteiger partial charge in [0.1, 0.15) is 0 Å². The number of rotatable bonds is 8. The Kier molecular flexibility index (Phi) is 7.00. The van der Waals surface area contributed by atoms with Crippen LogP contribution in [0.2, 0.25) is 0 Å². The molecule has 1 heterocycles. The maximum Gasteiger partial charge on any atom is 0.306 e. The Morgan fingerprint density at radius 3 is 2.28 bits per heavy atom. The smallest absolute Gasteiger partial charge is 0.306 e. The highest BCUT2D eigenvalue weighted by Gasteiger charge is 2.26. The number of carbonyl (C=O) groups is 2. The zero-order valence-corrected chi connectivity index (χ0v) is 16.9. The highest BCUT2D eigenvalue weighted by atomic mass is 32.2. The summed E-state index contributed by atoms with van der Waals surface area (Å²) >= 11 is 0. The van der Waals surface area contributed by atoms with E-state index in [0.29, 0.717) is 25.2 Å². The van der Waals surface area contributed by atoms with Crippen molar-refractivity contribution in [3.05, 3.63) is 60.2 Å². The average molecular weight is 416 g/mol. The van der Waals surface area contributed by atoms with E-state index in [4.69, 9.17) is 4.74 Å². The second-order valence-electron chi connectivity index (χ2n) is 6.83. The molecule has 1 saturated heterocycles. The van der Waals surface area contributed by atoms with E-state index in [0.717, 1.165) is 18.4 Å². The minimum Gasteiger partial charge on any atom is -0.456 e. The van der Waals surface area contributed by atoms with Crippen molar-refractivity contribution in [3.8, 4) is 0 Å². The molecule has 29 heavy (non-hydrogen) atoms. The molecule has 0 aliphatic carbocycles. The third-order valence-electron chi connectivity index (χ3n) is 4.67. The number of esters is 1. The number of aryl methyl sites for hydroxylation is 1. The Bertz CT molecular complexity index is 937. The fourth-order valence-electron chi connectivity index (χ4n) is 3.09. The monoisotopic (exact) mass is 416 g/mol. The number of hydrogen-bond acceptors (Lipinski definition) is 5. The number of para-hydroxylation sites is 1. The van der Waals surface area contributed by atoms with Crippen LogP contribution in [0.1, 0.15) is 24.8 Å². The fourth-order valence-corrected chi connectivity index (χ4v) is 4.61. The van der Waals surface area contributed by atoms with Crippen LogP contribution in [-0.4, -0.2) is 44.3 Å². The Labute approximate surface area is 170 Å². The number of nitrogens with zero attached hydrogens (tertiary/aromatic N) is 1. The van der Waals surface area contributed by atoms with Crippen molar-refractivity contribution in [1.82, 2.24) is 4.31 Å². The SMILES string of the molecule is O=C(COC(=O)CCc1ccc(S(=O)(=O)N2CCCC2)cc1)Nc1ccccc1. The van der Waals surface area contributed by atoms with Gasteiger partial charge in [-0.3, -0.25) is 9.59 Å². The predicted molar refractivity (Wildman–Crippen MR) is 109 cm³/mol. The second-order valence-corrected chi connectivity index (χ2v) is 8.77. The van der Waals surface area contributed by atoms with E-state index in [9.17, 15) is 18.0 Å². The number of anilines is 1. The lowest BCUT2D eigenvalue weighted by Gasteiger charge is -2.15. The van der Waals surface area contributed by atoms with Crippen molar-refractivity contribution in [1.29, 1.82) is 0 Å². The van der Waals surface area contributed by atoms with E-state index >= 15 is 0 Å². The molecule has 1 aliphatic heterocycles. The molecule has 1 fully saturated rings. The van der Waals surface area contributed by atoms with Gasteiger partial charge in [0, 0.05) is 25.2 Å². The summed E-state index contributed by atoms with van der Waals surface area (Å²) in [5.74, 6) is -0.886. The van der Waals surface area contributed by atoms with E-state index in [1.807, 2.05) is 6.07 Å². The van der Waals surface area contributed by atoms with Crippen molar-refractivity contribution in [2.45, 2.75) is 30.6 Å². The Morgan fingerprint density at radius 1 is 0.966 bits per heavy atom. The summed E-state index contributed by atoms with van der Waals surface area (Å²) in [6, 6.07) is 15.5. The van der Waals surface area contributed by atoms with Gasteiger partial charge in [-0.15, -0.1) is 0 Å². The molecule has 7 nitrogen and oxygen atoms in total. The van der Waals surface area contributed by atoms with Crippen LogP contribution < -0.4 is 5.32 Å². The molecule has 0 atom stereocenters. The van der Waals surface area contributed by atoms with E-state index in [2.05, 4.69) is 5.32 Å². The van der Waals surface area contributed by atoms with Gasteiger partial charge >= 0.3 is 5.97 Å². The molecule has 154 valence electrons. The maximum absolute atomic E-state index is 12.5. The third-order valence-corrected chi connectivity index (χ3v) is 6.58. The molecule has 0 aromatic heterocycles. The summed E-state index contributed by atoms with van der Waals surface area (Å²) in [6.07, 6.45) is 2.30. The van der Waals surface area contributed by atoms with Gasteiger partial charge in [0.05, 0.1) is 4.90 Å². The lowest BCUT2D eigenvalue weighted by atomic mass is 10.1. The van der Waals surface area contributed by atoms with Gasteiger partial charge in [0.15, 0.2) is 6.61 Å². The molecule has 1 amide bonds. The van der Waals surface area contributed by atoms with E-state index in [1.54, 1.807) is 48.5 Å². The molecule has 0 radical (unpaired) electrons. The molecular weight excluding hydrogens is 392 g/mol. The normalized spacial score (nSPS) is 14.5. The van der Waals surface area contributed by atoms with Crippen molar-refractivity contribution in [2.75, 3.05) is 25.0 Å². The number of ether oxygens (including phenoxy) is 1. The molecule has 1 N–H and O–H groups in total. The average Bonchev–Trinajstić information content (AvgIpc) is 3.28. The number of carbonyl (C=O) groups excluding carboxylic acids is 2. The number of nitrogens with one attached hydrogen (secondary N) is 1. The van der Waals surface area contributed by atoms with Crippen LogP contribution in [0.5, 0.6) is 0 Å². The first-order chi connectivity index (χ1) is 13.9. The molecule has 2 aromatic rings. The molecule has 1 aliphatic rings. The summed E-state index contributed by atoms with van der Waals surface area (Å²) in [7, 11) is -3.43. The molecule has 8 heteroatoms. The van der Waals surface area contributed by atoms with Crippen molar-refractivity contribution < 1.29 is 22.7 Å². The first-order valence-corrected chi connectivity index (χ1v) is 11.0. The minimum atomic E-state index is -3.43. The molecule has 2 aromatic carbocycles. The number of sulfonamides is 1. The minimum absolute atomic E-state index is 0.108. The highest BCUT2D eigenvalue weighted by Crippen LogP contribution is 2.21. The third kappa shape index (κ3) is 5.88. The largest absolute Gasteiger partial charge is 0.456 e. The summed E-state index contributed by atoms with van der Waals surface area (Å²) in [5.41, 5.74) is 1.47. The van der Waals surface area contributed by atoms with Crippen LogP contribution in [0.25, 0.3) is 0 Å². The summed E-state index contributed by atoms with van der Waals surface area (Å²) in [4.78, 5) is 23.9. The van der Waals surface area contributed by atoms with Crippen LogP contribution in [0.15, 0.2) is 59.5 Å². The van der Waals surface area contributed by atoms with Gasteiger partial charge in [-0.1, -0.05) is 30.3 Å². The van der Waals surface area contributed by atoms with E-state index in [1.165, 1.54) is 4.31 Å². The maximum atomic E-state index is 12.5. The molecular formula is C21H24N2O5S. The van der Waals surface area contributed by atoms with E-state index in [-0.39, 0.29) is 17.9 Å². The molecule has 3 rings (SSSR count). The molecule has 0 saturated carbocycles. The standard InChI is InChI=1S/C21H24N2O5S/c24-20(22-18-6-2-1-3-7-18)16-28-21(25)13-10-17-8-11-19(12-9-17)29(26,27)23-14-4-5-15-23/h1-3,6-9,11-12H,4-5,10,13-16H2,(H,22,24). The van der Waals surface area contributed by atoms with Crippen molar-refractivity contribution in [3.63, 3.8) is 0 Å². The van der Waals surface area contributed by atoms with Crippen LogP contribution >= 0.6 is 0 Å². The van der Waals surface area contributed by atoms with Gasteiger partial charge in [-0.25, -0.2) is 8.42 Å². The second kappa shape index (κ2) is 9.67. The Morgan fingerprint density at radius 2 is 1.62 bits per heavy atom. The summed E-state index contributed by atoms with van der Waals surface area (Å²) in [6.45, 7) is 0.780. The number of benzene rings is 2. The van der Waals surface area contributed by atoms with Gasteiger partial charge in [-0.05, 0) is 49.1 Å². The summed E-state index contributed by atoms with van der Waals surface area (Å²) in [5, 5.41) is 2.64. The van der Waals surface area contributed by atoms with Crippen LogP contribution in [0.4, 0.5) is 5.69 Å². The van der Waals surface area contributed by atoms with E-state index < -0.39 is 21.9 Å². The predicted octanol–water partition coefficient (Wildman–Crippen LogP) is 2.59. The zero-order valence-electron chi connectivity index (χ0n) is 16.0. The number of hydrogen-bond donors (Lipinski definition) is 1. The van der Waals surface area contributed by atoms with Gasteiger partial charge < -0.3 is 10.1 Å². The fraction of sp³-hybridized carbons (Fsp3) is 0.333.